The number of carbonyl (C=O) groups is 1. The Morgan fingerprint density at radius 3 is 2.50 bits per heavy atom. The maximum absolute atomic E-state index is 11.7. The predicted molar refractivity (Wildman–Crippen MR) is 59.5 cm³/mol. The zero-order valence-corrected chi connectivity index (χ0v) is 8.99. The fourth-order valence-corrected chi connectivity index (χ4v) is 1.35. The zero-order chi connectivity index (χ0) is 10.4. The van der Waals surface area contributed by atoms with E-state index in [9.17, 15) is 4.79 Å². The van der Waals surface area contributed by atoms with Crippen LogP contribution in [0.5, 0.6) is 0 Å². The number of hydrogen-bond donors (Lipinski definition) is 0. The molecule has 0 N–H and O–H groups in total. The van der Waals surface area contributed by atoms with Gasteiger partial charge in [-0.05, 0) is 12.3 Å². The van der Waals surface area contributed by atoms with Crippen LogP contribution in [0, 0.1) is 5.92 Å². The molecule has 1 rings (SSSR count). The molecule has 76 valence electrons. The van der Waals surface area contributed by atoms with Crippen molar-refractivity contribution in [1.29, 1.82) is 0 Å². The maximum atomic E-state index is 11.7. The molecule has 1 nitrogen and oxygen atoms in total. The summed E-state index contributed by atoms with van der Waals surface area (Å²) in [6.45, 7) is 4.36. The number of carbonyl (C=O) groups excluding carboxylic acids is 1. The third-order valence-electron chi connectivity index (χ3n) is 2.66. The Hall–Kier alpha value is -1.11. The minimum absolute atomic E-state index is 0.269. The summed E-state index contributed by atoms with van der Waals surface area (Å²) in [6, 6.07) is 9.54. The Kier molecular flexibility index (Phi) is 4.37. The van der Waals surface area contributed by atoms with E-state index in [1.165, 1.54) is 0 Å². The molecule has 0 aliphatic rings. The molecular weight excluding hydrogens is 172 g/mol. The molecule has 1 heteroatoms. The third-order valence-corrected chi connectivity index (χ3v) is 2.66. The van der Waals surface area contributed by atoms with Crippen molar-refractivity contribution in [2.75, 3.05) is 0 Å². The molecule has 1 atom stereocenters. The van der Waals surface area contributed by atoms with Gasteiger partial charge in [0.25, 0.3) is 0 Å². The molecule has 0 aliphatic heterocycles. The van der Waals surface area contributed by atoms with Gasteiger partial charge in [0.2, 0.25) is 0 Å². The van der Waals surface area contributed by atoms with Gasteiger partial charge in [0.15, 0.2) is 5.78 Å². The summed E-state index contributed by atoms with van der Waals surface area (Å²) in [5, 5.41) is 0. The lowest BCUT2D eigenvalue weighted by Crippen LogP contribution is -2.02. The Morgan fingerprint density at radius 2 is 1.93 bits per heavy atom. The number of Topliss-reactive ketones (excluding diaryl/α,β-unsaturated/α-hetero) is 1. The van der Waals surface area contributed by atoms with Gasteiger partial charge in [0.05, 0.1) is 0 Å². The molecule has 0 saturated heterocycles. The van der Waals surface area contributed by atoms with Crippen molar-refractivity contribution in [3.63, 3.8) is 0 Å². The molecule has 0 heterocycles. The van der Waals surface area contributed by atoms with Crippen LogP contribution < -0.4 is 0 Å². The van der Waals surface area contributed by atoms with E-state index < -0.39 is 0 Å². The third kappa shape index (κ3) is 3.33. The summed E-state index contributed by atoms with van der Waals surface area (Å²) in [5.41, 5.74) is 0.843. The SMILES string of the molecule is CCC(C)CCC(=O)c1ccccc1. The summed E-state index contributed by atoms with van der Waals surface area (Å²) in [6.07, 6.45) is 2.84. The van der Waals surface area contributed by atoms with Gasteiger partial charge in [-0.25, -0.2) is 0 Å². The van der Waals surface area contributed by atoms with E-state index in [0.717, 1.165) is 18.4 Å². The standard InChI is InChI=1S/C13H18O/c1-3-11(2)9-10-13(14)12-7-5-4-6-8-12/h4-8,11H,3,9-10H2,1-2H3. The molecule has 0 amide bonds. The molecule has 0 spiro atoms. The smallest absolute Gasteiger partial charge is 0.162 e. The van der Waals surface area contributed by atoms with Gasteiger partial charge in [0.1, 0.15) is 0 Å². The Morgan fingerprint density at radius 1 is 1.29 bits per heavy atom. The summed E-state index contributed by atoms with van der Waals surface area (Å²) in [5.74, 6) is 0.925. The summed E-state index contributed by atoms with van der Waals surface area (Å²) in [4.78, 5) is 11.7. The Bertz CT molecular complexity index is 277. The van der Waals surface area contributed by atoms with Gasteiger partial charge in [-0.1, -0.05) is 50.6 Å². The fraction of sp³-hybridized carbons (Fsp3) is 0.462. The molecule has 1 unspecified atom stereocenters. The largest absolute Gasteiger partial charge is 0.294 e. The summed E-state index contributed by atoms with van der Waals surface area (Å²) >= 11 is 0. The molecule has 0 aromatic heterocycles. The van der Waals surface area contributed by atoms with Crippen LogP contribution in [0.1, 0.15) is 43.5 Å². The minimum Gasteiger partial charge on any atom is -0.294 e. The first-order valence-corrected chi connectivity index (χ1v) is 5.32. The molecule has 14 heavy (non-hydrogen) atoms. The van der Waals surface area contributed by atoms with E-state index in [4.69, 9.17) is 0 Å². The van der Waals surface area contributed by atoms with Crippen molar-refractivity contribution in [2.24, 2.45) is 5.92 Å². The van der Waals surface area contributed by atoms with Crippen molar-refractivity contribution in [3.05, 3.63) is 35.9 Å². The van der Waals surface area contributed by atoms with Gasteiger partial charge in [-0.3, -0.25) is 4.79 Å². The lowest BCUT2D eigenvalue weighted by Gasteiger charge is -2.06. The van der Waals surface area contributed by atoms with Crippen molar-refractivity contribution in [1.82, 2.24) is 0 Å². The first-order chi connectivity index (χ1) is 6.74. The quantitative estimate of drug-likeness (QED) is 0.647. The highest BCUT2D eigenvalue weighted by molar-refractivity contribution is 5.95. The van der Waals surface area contributed by atoms with Crippen LogP contribution in [0.2, 0.25) is 0 Å². The van der Waals surface area contributed by atoms with Crippen LogP contribution in [-0.2, 0) is 0 Å². The Labute approximate surface area is 86.1 Å². The fourth-order valence-electron chi connectivity index (χ4n) is 1.35. The van der Waals surface area contributed by atoms with Crippen molar-refractivity contribution in [3.8, 4) is 0 Å². The molecule has 0 aliphatic carbocycles. The van der Waals surface area contributed by atoms with Crippen molar-refractivity contribution in [2.45, 2.75) is 33.1 Å². The molecule has 0 fully saturated rings. The van der Waals surface area contributed by atoms with E-state index >= 15 is 0 Å². The average Bonchev–Trinajstić information content (AvgIpc) is 2.26. The van der Waals surface area contributed by atoms with Gasteiger partial charge in [-0.15, -0.1) is 0 Å². The van der Waals surface area contributed by atoms with Crippen LogP contribution in [0.25, 0.3) is 0 Å². The van der Waals surface area contributed by atoms with Crippen LogP contribution in [0.4, 0.5) is 0 Å². The van der Waals surface area contributed by atoms with E-state index in [-0.39, 0.29) is 5.78 Å². The molecule has 1 aromatic rings. The van der Waals surface area contributed by atoms with Crippen molar-refractivity contribution < 1.29 is 4.79 Å². The lowest BCUT2D eigenvalue weighted by atomic mass is 9.98. The van der Waals surface area contributed by atoms with E-state index in [1.807, 2.05) is 30.3 Å². The van der Waals surface area contributed by atoms with E-state index in [0.29, 0.717) is 12.3 Å². The average molecular weight is 190 g/mol. The molecule has 1 aromatic carbocycles. The highest BCUT2D eigenvalue weighted by Crippen LogP contribution is 2.12. The lowest BCUT2D eigenvalue weighted by molar-refractivity contribution is 0.0974. The van der Waals surface area contributed by atoms with Crippen molar-refractivity contribution >= 4 is 5.78 Å². The number of rotatable bonds is 5. The normalized spacial score (nSPS) is 12.4. The first-order valence-electron chi connectivity index (χ1n) is 5.32. The number of benzene rings is 1. The summed E-state index contributed by atoms with van der Waals surface area (Å²) in [7, 11) is 0. The molecule has 0 radical (unpaired) electrons. The highest BCUT2D eigenvalue weighted by atomic mass is 16.1. The zero-order valence-electron chi connectivity index (χ0n) is 8.99. The van der Waals surface area contributed by atoms with E-state index in [2.05, 4.69) is 13.8 Å². The maximum Gasteiger partial charge on any atom is 0.162 e. The van der Waals surface area contributed by atoms with Gasteiger partial charge in [0, 0.05) is 12.0 Å². The topological polar surface area (TPSA) is 17.1 Å². The number of hydrogen-bond acceptors (Lipinski definition) is 1. The van der Waals surface area contributed by atoms with Gasteiger partial charge in [-0.2, -0.15) is 0 Å². The van der Waals surface area contributed by atoms with Crippen LogP contribution in [0.15, 0.2) is 30.3 Å². The van der Waals surface area contributed by atoms with Crippen LogP contribution in [-0.4, -0.2) is 5.78 Å². The summed E-state index contributed by atoms with van der Waals surface area (Å²) < 4.78 is 0. The van der Waals surface area contributed by atoms with Crippen LogP contribution >= 0.6 is 0 Å². The van der Waals surface area contributed by atoms with Crippen LogP contribution in [0.3, 0.4) is 0 Å². The van der Waals surface area contributed by atoms with Gasteiger partial charge < -0.3 is 0 Å². The second-order valence-corrected chi connectivity index (χ2v) is 3.84. The molecule has 0 bridgehead atoms. The number of ketones is 1. The second kappa shape index (κ2) is 5.58. The highest BCUT2D eigenvalue weighted by Gasteiger charge is 2.06. The monoisotopic (exact) mass is 190 g/mol. The Balaban J connectivity index is 2.44. The minimum atomic E-state index is 0.269. The molecule has 0 saturated carbocycles. The van der Waals surface area contributed by atoms with E-state index in [1.54, 1.807) is 0 Å². The molecular formula is C13H18O. The second-order valence-electron chi connectivity index (χ2n) is 3.84. The first kappa shape index (κ1) is 11.0. The predicted octanol–water partition coefficient (Wildman–Crippen LogP) is 3.70. The van der Waals surface area contributed by atoms with Gasteiger partial charge >= 0.3 is 0 Å².